The van der Waals surface area contributed by atoms with Crippen LogP contribution in [0.3, 0.4) is 0 Å². The van der Waals surface area contributed by atoms with Gasteiger partial charge in [0, 0.05) is 31.7 Å². The van der Waals surface area contributed by atoms with Crippen LogP contribution < -0.4 is 5.32 Å². The van der Waals surface area contributed by atoms with Gasteiger partial charge in [0.2, 0.25) is 0 Å². The lowest BCUT2D eigenvalue weighted by Gasteiger charge is -2.41. The third-order valence-corrected chi connectivity index (χ3v) is 4.83. The van der Waals surface area contributed by atoms with Crippen molar-refractivity contribution >= 4 is 0 Å². The van der Waals surface area contributed by atoms with Gasteiger partial charge in [-0.1, -0.05) is 40.0 Å². The van der Waals surface area contributed by atoms with Crippen LogP contribution in [-0.2, 0) is 0 Å². The monoisotopic (exact) mass is 252 g/mol. The van der Waals surface area contributed by atoms with Crippen molar-refractivity contribution in [3.8, 4) is 0 Å². The second-order valence-corrected chi connectivity index (χ2v) is 6.96. The van der Waals surface area contributed by atoms with E-state index in [4.69, 9.17) is 0 Å². The van der Waals surface area contributed by atoms with E-state index in [1.807, 2.05) is 0 Å². The molecular weight excluding hydrogens is 220 g/mol. The van der Waals surface area contributed by atoms with Crippen LogP contribution in [-0.4, -0.2) is 36.6 Å². The Balaban J connectivity index is 1.90. The standard InChI is InChI=1S/C16H32N2/c1-13(2)11-15-12-18(10-9-17-15)16-8-6-4-5-7-14(16)3/h13-17H,4-12H2,1-3H3. The van der Waals surface area contributed by atoms with Crippen molar-refractivity contribution in [1.82, 2.24) is 10.2 Å². The minimum atomic E-state index is 0.731. The van der Waals surface area contributed by atoms with Crippen LogP contribution in [0.25, 0.3) is 0 Å². The highest BCUT2D eigenvalue weighted by Gasteiger charge is 2.29. The van der Waals surface area contributed by atoms with Crippen molar-refractivity contribution in [2.45, 2.75) is 71.4 Å². The summed E-state index contributed by atoms with van der Waals surface area (Å²) >= 11 is 0. The highest BCUT2D eigenvalue weighted by Crippen LogP contribution is 2.28. The Morgan fingerprint density at radius 3 is 2.72 bits per heavy atom. The molecule has 0 aromatic rings. The Bertz CT molecular complexity index is 239. The summed E-state index contributed by atoms with van der Waals surface area (Å²) in [5.74, 6) is 1.72. The number of nitrogens with zero attached hydrogens (tertiary/aromatic N) is 1. The van der Waals surface area contributed by atoms with Gasteiger partial charge in [-0.05, 0) is 31.1 Å². The van der Waals surface area contributed by atoms with Crippen LogP contribution in [0.1, 0.15) is 59.3 Å². The second kappa shape index (κ2) is 6.91. The van der Waals surface area contributed by atoms with Crippen molar-refractivity contribution in [2.24, 2.45) is 11.8 Å². The number of nitrogens with one attached hydrogen (secondary N) is 1. The minimum absolute atomic E-state index is 0.731. The predicted octanol–water partition coefficient (Wildman–Crippen LogP) is 3.28. The van der Waals surface area contributed by atoms with E-state index in [2.05, 4.69) is 31.0 Å². The Morgan fingerprint density at radius 2 is 1.94 bits per heavy atom. The average molecular weight is 252 g/mol. The van der Waals surface area contributed by atoms with Crippen LogP contribution in [0.15, 0.2) is 0 Å². The summed E-state index contributed by atoms with van der Waals surface area (Å²) in [5, 5.41) is 3.71. The van der Waals surface area contributed by atoms with Crippen molar-refractivity contribution in [3.05, 3.63) is 0 Å². The Kier molecular flexibility index (Phi) is 5.50. The van der Waals surface area contributed by atoms with Gasteiger partial charge in [0.25, 0.3) is 0 Å². The normalized spacial score (nSPS) is 35.7. The molecule has 1 saturated carbocycles. The third kappa shape index (κ3) is 3.96. The van der Waals surface area contributed by atoms with E-state index < -0.39 is 0 Å². The van der Waals surface area contributed by atoms with Crippen molar-refractivity contribution in [1.29, 1.82) is 0 Å². The van der Waals surface area contributed by atoms with Gasteiger partial charge in [-0.15, -0.1) is 0 Å². The van der Waals surface area contributed by atoms with Gasteiger partial charge in [0.15, 0.2) is 0 Å². The maximum Gasteiger partial charge on any atom is 0.0198 e. The topological polar surface area (TPSA) is 15.3 Å². The van der Waals surface area contributed by atoms with E-state index in [-0.39, 0.29) is 0 Å². The molecule has 2 nitrogen and oxygen atoms in total. The Morgan fingerprint density at radius 1 is 1.17 bits per heavy atom. The van der Waals surface area contributed by atoms with Crippen LogP contribution in [0.2, 0.25) is 0 Å². The summed E-state index contributed by atoms with van der Waals surface area (Å²) in [5.41, 5.74) is 0. The van der Waals surface area contributed by atoms with Gasteiger partial charge < -0.3 is 5.32 Å². The summed E-state index contributed by atoms with van der Waals surface area (Å²) in [7, 11) is 0. The van der Waals surface area contributed by atoms with Crippen molar-refractivity contribution < 1.29 is 0 Å². The highest BCUT2D eigenvalue weighted by molar-refractivity contribution is 4.87. The summed E-state index contributed by atoms with van der Waals surface area (Å²) in [6.45, 7) is 10.9. The fraction of sp³-hybridized carbons (Fsp3) is 1.00. The lowest BCUT2D eigenvalue weighted by Crippen LogP contribution is -2.55. The van der Waals surface area contributed by atoms with Crippen molar-refractivity contribution in [3.63, 3.8) is 0 Å². The molecule has 0 aromatic heterocycles. The number of hydrogen-bond donors (Lipinski definition) is 1. The van der Waals surface area contributed by atoms with E-state index in [0.29, 0.717) is 0 Å². The van der Waals surface area contributed by atoms with Crippen LogP contribution >= 0.6 is 0 Å². The molecule has 2 rings (SSSR count). The quantitative estimate of drug-likeness (QED) is 0.776. The summed E-state index contributed by atoms with van der Waals surface area (Å²) in [4.78, 5) is 2.81. The van der Waals surface area contributed by atoms with E-state index >= 15 is 0 Å². The molecule has 1 aliphatic carbocycles. The summed E-state index contributed by atoms with van der Waals surface area (Å²) in [6.07, 6.45) is 8.59. The highest BCUT2D eigenvalue weighted by atomic mass is 15.2. The van der Waals surface area contributed by atoms with Crippen LogP contribution in [0.5, 0.6) is 0 Å². The zero-order chi connectivity index (χ0) is 13.0. The molecule has 0 spiro atoms. The average Bonchev–Trinajstić information content (AvgIpc) is 2.53. The molecule has 1 aliphatic heterocycles. The Hall–Kier alpha value is -0.0800. The Labute approximate surface area is 114 Å². The molecule has 2 heteroatoms. The van der Waals surface area contributed by atoms with Gasteiger partial charge in [0.05, 0.1) is 0 Å². The maximum atomic E-state index is 3.71. The lowest BCUT2D eigenvalue weighted by molar-refractivity contribution is 0.0967. The number of piperazine rings is 1. The van der Waals surface area contributed by atoms with E-state index in [9.17, 15) is 0 Å². The SMILES string of the molecule is CC(C)CC1CN(C2CCCCCC2C)CCN1. The second-order valence-electron chi connectivity index (χ2n) is 6.96. The van der Waals surface area contributed by atoms with E-state index in [0.717, 1.165) is 23.9 Å². The molecule has 1 heterocycles. The molecule has 3 unspecified atom stereocenters. The molecule has 0 amide bonds. The van der Waals surface area contributed by atoms with Crippen molar-refractivity contribution in [2.75, 3.05) is 19.6 Å². The smallest absolute Gasteiger partial charge is 0.0198 e. The molecule has 0 radical (unpaired) electrons. The van der Waals surface area contributed by atoms with Crippen LogP contribution in [0, 0.1) is 11.8 Å². The van der Waals surface area contributed by atoms with Gasteiger partial charge in [-0.3, -0.25) is 4.90 Å². The predicted molar refractivity (Wildman–Crippen MR) is 78.9 cm³/mol. The zero-order valence-corrected chi connectivity index (χ0v) is 12.6. The first-order chi connectivity index (χ1) is 8.66. The molecule has 3 atom stereocenters. The molecule has 0 aromatic carbocycles. The van der Waals surface area contributed by atoms with Crippen LogP contribution in [0.4, 0.5) is 0 Å². The van der Waals surface area contributed by atoms with Gasteiger partial charge >= 0.3 is 0 Å². The lowest BCUT2D eigenvalue weighted by atomic mass is 9.93. The largest absolute Gasteiger partial charge is 0.311 e. The fourth-order valence-electron chi connectivity index (χ4n) is 3.90. The molecule has 1 N–H and O–H groups in total. The molecule has 106 valence electrons. The van der Waals surface area contributed by atoms with Gasteiger partial charge in [-0.2, -0.15) is 0 Å². The molecule has 2 aliphatic rings. The fourth-order valence-corrected chi connectivity index (χ4v) is 3.90. The molecule has 2 fully saturated rings. The number of rotatable bonds is 3. The molecule has 18 heavy (non-hydrogen) atoms. The first-order valence-electron chi connectivity index (χ1n) is 8.14. The van der Waals surface area contributed by atoms with Gasteiger partial charge in [0.1, 0.15) is 0 Å². The van der Waals surface area contributed by atoms with E-state index in [1.165, 1.54) is 58.2 Å². The van der Waals surface area contributed by atoms with E-state index in [1.54, 1.807) is 0 Å². The summed E-state index contributed by atoms with van der Waals surface area (Å²) < 4.78 is 0. The third-order valence-electron chi connectivity index (χ3n) is 4.83. The number of hydrogen-bond acceptors (Lipinski definition) is 2. The molecule has 1 saturated heterocycles. The first-order valence-corrected chi connectivity index (χ1v) is 8.14. The zero-order valence-electron chi connectivity index (χ0n) is 12.6. The van der Waals surface area contributed by atoms with Gasteiger partial charge in [-0.25, -0.2) is 0 Å². The summed E-state index contributed by atoms with van der Waals surface area (Å²) in [6, 6.07) is 1.60. The molecule has 0 bridgehead atoms. The molecular formula is C16H32N2. The minimum Gasteiger partial charge on any atom is -0.311 e. The first kappa shape index (κ1) is 14.3. The maximum absolute atomic E-state index is 3.71.